The molecule has 0 bridgehead atoms. The summed E-state index contributed by atoms with van der Waals surface area (Å²) in [5.74, 6) is 1.82. The lowest BCUT2D eigenvalue weighted by atomic mass is 10.2. The molecule has 0 atom stereocenters. The van der Waals surface area contributed by atoms with Gasteiger partial charge in [0.2, 0.25) is 0 Å². The first kappa shape index (κ1) is 15.6. The van der Waals surface area contributed by atoms with E-state index in [1.54, 1.807) is 21.1 Å². The third kappa shape index (κ3) is 4.98. The van der Waals surface area contributed by atoms with Crippen molar-refractivity contribution in [3.63, 3.8) is 0 Å². The van der Waals surface area contributed by atoms with E-state index in [-0.39, 0.29) is 11.5 Å². The number of hydrogen-bond donors (Lipinski definition) is 1. The zero-order valence-corrected chi connectivity index (χ0v) is 12.4. The van der Waals surface area contributed by atoms with Gasteiger partial charge in [-0.05, 0) is 18.6 Å². The van der Waals surface area contributed by atoms with Crippen molar-refractivity contribution in [2.45, 2.75) is 13.3 Å². The van der Waals surface area contributed by atoms with E-state index < -0.39 is 9.84 Å². The number of hydrogen-bond acceptors (Lipinski definition) is 5. The average molecular weight is 287 g/mol. The average Bonchev–Trinajstić information content (AvgIpc) is 2.43. The molecule has 0 unspecified atom stereocenters. The maximum atomic E-state index is 11.4. The van der Waals surface area contributed by atoms with Gasteiger partial charge in [-0.2, -0.15) is 0 Å². The summed E-state index contributed by atoms with van der Waals surface area (Å²) >= 11 is 0. The first-order valence-corrected chi connectivity index (χ1v) is 8.01. The molecule has 1 rings (SSSR count). The molecule has 108 valence electrons. The van der Waals surface area contributed by atoms with Crippen molar-refractivity contribution < 1.29 is 17.9 Å². The van der Waals surface area contributed by atoms with Gasteiger partial charge in [0.15, 0.2) is 0 Å². The maximum absolute atomic E-state index is 11.4. The van der Waals surface area contributed by atoms with Gasteiger partial charge < -0.3 is 14.8 Å². The highest BCUT2D eigenvalue weighted by molar-refractivity contribution is 7.91. The minimum atomic E-state index is -2.90. The second kappa shape index (κ2) is 7.23. The zero-order valence-electron chi connectivity index (χ0n) is 11.6. The van der Waals surface area contributed by atoms with E-state index >= 15 is 0 Å². The van der Waals surface area contributed by atoms with Gasteiger partial charge in [0, 0.05) is 18.4 Å². The Morgan fingerprint density at radius 1 is 1.21 bits per heavy atom. The summed E-state index contributed by atoms with van der Waals surface area (Å²) < 4.78 is 33.1. The molecule has 0 radical (unpaired) electrons. The third-order valence-electron chi connectivity index (χ3n) is 2.79. The summed E-state index contributed by atoms with van der Waals surface area (Å²) in [5.41, 5.74) is 0.802. The van der Waals surface area contributed by atoms with E-state index in [1.807, 2.05) is 18.2 Å². The summed E-state index contributed by atoms with van der Waals surface area (Å²) in [5, 5.41) is 3.17. The summed E-state index contributed by atoms with van der Waals surface area (Å²) in [4.78, 5) is 0. The number of methoxy groups -OCH3 is 2. The van der Waals surface area contributed by atoms with Crippen LogP contribution in [0.1, 0.15) is 13.3 Å². The van der Waals surface area contributed by atoms with E-state index in [9.17, 15) is 8.42 Å². The van der Waals surface area contributed by atoms with Crippen LogP contribution in [0.5, 0.6) is 11.5 Å². The van der Waals surface area contributed by atoms with Gasteiger partial charge in [0.25, 0.3) is 0 Å². The topological polar surface area (TPSA) is 64.6 Å². The molecule has 1 aromatic carbocycles. The van der Waals surface area contributed by atoms with Crippen molar-refractivity contribution in [2.75, 3.05) is 37.6 Å². The minimum Gasteiger partial charge on any atom is -0.497 e. The number of rotatable bonds is 8. The van der Waals surface area contributed by atoms with E-state index in [0.29, 0.717) is 18.7 Å². The molecule has 1 N–H and O–H groups in total. The normalized spacial score (nSPS) is 11.1. The zero-order chi connectivity index (χ0) is 14.3. The Kier molecular flexibility index (Phi) is 5.95. The number of ether oxygens (including phenoxy) is 2. The van der Waals surface area contributed by atoms with Crippen LogP contribution >= 0.6 is 0 Å². The molecule has 0 saturated heterocycles. The quantitative estimate of drug-likeness (QED) is 0.740. The van der Waals surface area contributed by atoms with Gasteiger partial charge in [-0.15, -0.1) is 0 Å². The fourth-order valence-corrected chi connectivity index (χ4v) is 2.48. The lowest BCUT2D eigenvalue weighted by molar-refractivity contribution is 0.404. The molecule has 5 nitrogen and oxygen atoms in total. The second-order valence-electron chi connectivity index (χ2n) is 4.08. The smallest absolute Gasteiger partial charge is 0.150 e. The van der Waals surface area contributed by atoms with Crippen molar-refractivity contribution in [1.82, 2.24) is 0 Å². The van der Waals surface area contributed by atoms with Crippen LogP contribution in [-0.2, 0) is 9.84 Å². The first-order chi connectivity index (χ1) is 9.02. The Labute approximate surface area is 114 Å². The lowest BCUT2D eigenvalue weighted by Crippen LogP contribution is -2.13. The van der Waals surface area contributed by atoms with Crippen LogP contribution in [0.2, 0.25) is 0 Å². The van der Waals surface area contributed by atoms with Crippen molar-refractivity contribution in [3.05, 3.63) is 18.2 Å². The second-order valence-corrected chi connectivity index (χ2v) is 6.56. The molecular weight excluding hydrogens is 266 g/mol. The predicted octanol–water partition coefficient (Wildman–Crippen LogP) is 1.94. The molecule has 0 aliphatic carbocycles. The fraction of sp³-hybridized carbons (Fsp3) is 0.538. The highest BCUT2D eigenvalue weighted by atomic mass is 32.2. The summed E-state index contributed by atoms with van der Waals surface area (Å²) in [6.07, 6.45) is 0.566. The Balaban J connectivity index is 2.57. The Morgan fingerprint density at radius 3 is 2.53 bits per heavy atom. The van der Waals surface area contributed by atoms with Crippen LogP contribution in [0.4, 0.5) is 5.69 Å². The van der Waals surface area contributed by atoms with E-state index in [1.165, 1.54) is 0 Å². The van der Waals surface area contributed by atoms with E-state index in [0.717, 1.165) is 11.4 Å². The van der Waals surface area contributed by atoms with Gasteiger partial charge in [0.1, 0.15) is 21.3 Å². The Morgan fingerprint density at radius 2 is 1.95 bits per heavy atom. The van der Waals surface area contributed by atoms with Crippen LogP contribution < -0.4 is 14.8 Å². The lowest BCUT2D eigenvalue weighted by Gasteiger charge is -2.12. The summed E-state index contributed by atoms with van der Waals surface area (Å²) in [6.45, 7) is 2.23. The monoisotopic (exact) mass is 287 g/mol. The molecule has 0 aliphatic heterocycles. The third-order valence-corrected chi connectivity index (χ3v) is 4.58. The number of sulfone groups is 1. The summed E-state index contributed by atoms with van der Waals surface area (Å²) in [7, 11) is 0.290. The van der Waals surface area contributed by atoms with Gasteiger partial charge in [-0.3, -0.25) is 0 Å². The van der Waals surface area contributed by atoms with E-state index in [4.69, 9.17) is 9.47 Å². The largest absolute Gasteiger partial charge is 0.497 e. The molecule has 0 amide bonds. The molecule has 1 aromatic rings. The highest BCUT2D eigenvalue weighted by Gasteiger charge is 2.08. The molecule has 0 saturated carbocycles. The molecule has 0 heterocycles. The van der Waals surface area contributed by atoms with Crippen LogP contribution in [0, 0.1) is 0 Å². The van der Waals surface area contributed by atoms with Gasteiger partial charge in [-0.25, -0.2) is 8.42 Å². The standard InChI is InChI=1S/C13H21NO4S/c1-4-19(15,16)9-5-8-14-12-10-11(17-2)6-7-13(12)18-3/h6-7,10,14H,4-5,8-9H2,1-3H3. The SMILES string of the molecule is CCS(=O)(=O)CCCNc1cc(OC)ccc1OC. The van der Waals surface area contributed by atoms with Gasteiger partial charge in [0.05, 0.1) is 25.7 Å². The maximum Gasteiger partial charge on any atom is 0.150 e. The van der Waals surface area contributed by atoms with Crippen LogP contribution in [0.15, 0.2) is 18.2 Å². The van der Waals surface area contributed by atoms with Crippen molar-refractivity contribution >= 4 is 15.5 Å². The minimum absolute atomic E-state index is 0.190. The molecule has 0 aliphatic rings. The number of anilines is 1. The molecular formula is C13H21NO4S. The number of nitrogens with one attached hydrogen (secondary N) is 1. The number of benzene rings is 1. The highest BCUT2D eigenvalue weighted by Crippen LogP contribution is 2.28. The Hall–Kier alpha value is -1.43. The molecule has 0 aromatic heterocycles. The summed E-state index contributed by atoms with van der Waals surface area (Å²) in [6, 6.07) is 5.45. The molecule has 0 fully saturated rings. The van der Waals surface area contributed by atoms with E-state index in [2.05, 4.69) is 5.32 Å². The molecule has 6 heteroatoms. The fourth-order valence-electron chi connectivity index (χ4n) is 1.61. The van der Waals surface area contributed by atoms with Gasteiger partial charge in [-0.1, -0.05) is 6.92 Å². The van der Waals surface area contributed by atoms with Gasteiger partial charge >= 0.3 is 0 Å². The van der Waals surface area contributed by atoms with Crippen molar-refractivity contribution in [3.8, 4) is 11.5 Å². The molecule has 0 spiro atoms. The van der Waals surface area contributed by atoms with Crippen LogP contribution in [0.25, 0.3) is 0 Å². The Bertz CT molecular complexity index is 499. The van der Waals surface area contributed by atoms with Crippen molar-refractivity contribution in [2.24, 2.45) is 0 Å². The first-order valence-electron chi connectivity index (χ1n) is 6.18. The predicted molar refractivity (Wildman–Crippen MR) is 77.0 cm³/mol. The van der Waals surface area contributed by atoms with Crippen molar-refractivity contribution in [1.29, 1.82) is 0 Å². The van der Waals surface area contributed by atoms with Crippen LogP contribution in [0.3, 0.4) is 0 Å². The van der Waals surface area contributed by atoms with Crippen LogP contribution in [-0.4, -0.2) is 40.7 Å². The molecule has 19 heavy (non-hydrogen) atoms.